The number of hydrogen-bond donors (Lipinski definition) is 3. The molecule has 7 nitrogen and oxygen atoms in total. The molecule has 0 bridgehead atoms. The van der Waals surface area contributed by atoms with Crippen molar-refractivity contribution in [3.63, 3.8) is 0 Å². The molecule has 1 aliphatic heterocycles. The fourth-order valence-corrected chi connectivity index (χ4v) is 3.93. The number of nitrogens with one attached hydrogen (secondary N) is 2. The van der Waals surface area contributed by atoms with E-state index in [0.29, 0.717) is 11.5 Å². The topological polar surface area (TPSA) is 89.4 Å². The maximum Gasteiger partial charge on any atom is 0.178 e. The summed E-state index contributed by atoms with van der Waals surface area (Å²) in [4.78, 5) is 19.4. The second-order valence-corrected chi connectivity index (χ2v) is 7.86. The number of imidazole rings is 1. The molecule has 28 heavy (non-hydrogen) atoms. The van der Waals surface area contributed by atoms with Crippen LogP contribution >= 0.6 is 15.9 Å². The van der Waals surface area contributed by atoms with Crippen molar-refractivity contribution in [2.75, 3.05) is 19.6 Å². The molecule has 1 aromatic carbocycles. The monoisotopic (exact) mass is 442 g/mol. The van der Waals surface area contributed by atoms with Crippen LogP contribution < -0.4 is 5.48 Å². The molecule has 0 spiro atoms. The van der Waals surface area contributed by atoms with E-state index in [-0.39, 0.29) is 0 Å². The molecule has 3 aromatic rings. The van der Waals surface area contributed by atoms with E-state index in [0.717, 1.165) is 40.0 Å². The number of likely N-dealkylation sites (tertiary alicyclic amines) is 1. The Balaban J connectivity index is 1.60. The van der Waals surface area contributed by atoms with Crippen molar-refractivity contribution in [3.8, 4) is 0 Å². The predicted molar refractivity (Wildman–Crippen MR) is 113 cm³/mol. The Morgan fingerprint density at radius 3 is 2.89 bits per heavy atom. The number of aliphatic imine (C=N–C) groups is 1. The zero-order chi connectivity index (χ0) is 19.3. The molecular formula is C20H23BrN6O. The van der Waals surface area contributed by atoms with Gasteiger partial charge in [0.1, 0.15) is 5.82 Å². The molecule has 1 aliphatic rings. The Kier molecular flexibility index (Phi) is 5.99. The van der Waals surface area contributed by atoms with Gasteiger partial charge in [0.2, 0.25) is 0 Å². The van der Waals surface area contributed by atoms with E-state index >= 15 is 0 Å². The molecule has 0 radical (unpaired) electrons. The number of fused-ring (bicyclic) bond motifs is 1. The molecule has 8 heteroatoms. The first-order valence-electron chi connectivity index (χ1n) is 9.53. The lowest BCUT2D eigenvalue weighted by molar-refractivity contribution is 0.230. The van der Waals surface area contributed by atoms with Gasteiger partial charge in [0.25, 0.3) is 0 Å². The molecule has 1 saturated heterocycles. The third kappa shape index (κ3) is 4.40. The van der Waals surface area contributed by atoms with Crippen LogP contribution in [0.1, 0.15) is 30.7 Å². The van der Waals surface area contributed by atoms with Crippen molar-refractivity contribution in [3.05, 3.63) is 52.4 Å². The van der Waals surface area contributed by atoms with Crippen molar-refractivity contribution in [1.82, 2.24) is 25.3 Å². The average Bonchev–Trinajstić information content (AvgIpc) is 3.15. The lowest BCUT2D eigenvalue weighted by atomic mass is 10.1. The highest BCUT2D eigenvalue weighted by Crippen LogP contribution is 2.21. The van der Waals surface area contributed by atoms with Crippen molar-refractivity contribution in [2.45, 2.75) is 25.7 Å². The molecule has 1 fully saturated rings. The van der Waals surface area contributed by atoms with Crippen LogP contribution in [0.3, 0.4) is 0 Å². The minimum Gasteiger partial charge on any atom is -0.340 e. The van der Waals surface area contributed by atoms with Gasteiger partial charge in [-0.15, -0.1) is 0 Å². The average molecular weight is 443 g/mol. The second-order valence-electron chi connectivity index (χ2n) is 6.95. The number of H-pyrrole nitrogens is 1. The number of hydroxylamine groups is 1. The van der Waals surface area contributed by atoms with Crippen LogP contribution in [-0.4, -0.2) is 50.5 Å². The van der Waals surface area contributed by atoms with Gasteiger partial charge in [-0.25, -0.2) is 15.0 Å². The van der Waals surface area contributed by atoms with Gasteiger partial charge < -0.3 is 9.88 Å². The zero-order valence-electron chi connectivity index (χ0n) is 15.5. The van der Waals surface area contributed by atoms with E-state index in [4.69, 9.17) is 0 Å². The second kappa shape index (κ2) is 8.81. The van der Waals surface area contributed by atoms with Gasteiger partial charge in [0, 0.05) is 29.2 Å². The molecule has 146 valence electrons. The predicted octanol–water partition coefficient (Wildman–Crippen LogP) is 3.81. The molecule has 4 rings (SSSR count). The first-order valence-corrected chi connectivity index (χ1v) is 10.3. The highest BCUT2D eigenvalue weighted by atomic mass is 79.9. The summed E-state index contributed by atoms with van der Waals surface area (Å²) in [5.74, 6) is 1.25. The van der Waals surface area contributed by atoms with Crippen molar-refractivity contribution in [2.24, 2.45) is 4.99 Å². The number of amidine groups is 1. The summed E-state index contributed by atoms with van der Waals surface area (Å²) in [6.45, 7) is 3.33. The Labute approximate surface area is 172 Å². The quantitative estimate of drug-likeness (QED) is 0.317. The number of rotatable bonds is 5. The van der Waals surface area contributed by atoms with Crippen LogP contribution in [0.4, 0.5) is 5.69 Å². The molecule has 2 aromatic heterocycles. The number of pyridine rings is 1. The summed E-state index contributed by atoms with van der Waals surface area (Å²) in [6, 6.07) is 9.40. The molecule has 0 atom stereocenters. The first-order chi connectivity index (χ1) is 13.7. The Bertz CT molecular complexity index is 980. The van der Waals surface area contributed by atoms with E-state index in [1.165, 1.54) is 32.4 Å². The van der Waals surface area contributed by atoms with Crippen LogP contribution in [0.2, 0.25) is 0 Å². The minimum absolute atomic E-state index is 0.344. The van der Waals surface area contributed by atoms with Gasteiger partial charge in [0.15, 0.2) is 11.5 Å². The fraction of sp³-hybridized carbons (Fsp3) is 0.350. The highest BCUT2D eigenvalue weighted by Gasteiger charge is 2.15. The molecule has 0 aliphatic carbocycles. The van der Waals surface area contributed by atoms with Gasteiger partial charge >= 0.3 is 0 Å². The Hall–Kier alpha value is -2.29. The van der Waals surface area contributed by atoms with Crippen LogP contribution in [-0.2, 0) is 6.42 Å². The van der Waals surface area contributed by atoms with Crippen molar-refractivity contribution >= 4 is 38.6 Å². The van der Waals surface area contributed by atoms with Gasteiger partial charge in [0.05, 0.1) is 11.2 Å². The summed E-state index contributed by atoms with van der Waals surface area (Å²) in [5, 5.41) is 9.70. The molecule has 0 unspecified atom stereocenters. The number of hydrogen-bond acceptors (Lipinski definition) is 5. The van der Waals surface area contributed by atoms with Gasteiger partial charge in [-0.3, -0.25) is 10.7 Å². The summed E-state index contributed by atoms with van der Waals surface area (Å²) in [5.41, 5.74) is 5.07. The van der Waals surface area contributed by atoms with E-state index in [1.807, 2.05) is 30.3 Å². The maximum absolute atomic E-state index is 9.70. The van der Waals surface area contributed by atoms with Crippen LogP contribution in [0.5, 0.6) is 0 Å². The van der Waals surface area contributed by atoms with Crippen molar-refractivity contribution in [1.29, 1.82) is 0 Å². The van der Waals surface area contributed by atoms with Crippen LogP contribution in [0.25, 0.3) is 11.2 Å². The summed E-state index contributed by atoms with van der Waals surface area (Å²) < 4.78 is 0.924. The summed E-state index contributed by atoms with van der Waals surface area (Å²) in [6.07, 6.45) is 6.43. The van der Waals surface area contributed by atoms with Gasteiger partial charge in [-0.05, 0) is 50.2 Å². The number of nitrogens with zero attached hydrogens (tertiary/aromatic N) is 4. The number of aromatic amines is 1. The number of benzene rings is 1. The third-order valence-corrected chi connectivity index (χ3v) is 5.46. The highest BCUT2D eigenvalue weighted by molar-refractivity contribution is 9.10. The van der Waals surface area contributed by atoms with Gasteiger partial charge in [-0.2, -0.15) is 0 Å². The Morgan fingerprint density at radius 1 is 1.25 bits per heavy atom. The van der Waals surface area contributed by atoms with Gasteiger partial charge in [-0.1, -0.05) is 28.4 Å². The lowest BCUT2D eigenvalue weighted by Crippen LogP contribution is -2.31. The largest absolute Gasteiger partial charge is 0.340 e. The van der Waals surface area contributed by atoms with Crippen molar-refractivity contribution < 1.29 is 5.21 Å². The van der Waals surface area contributed by atoms with Crippen LogP contribution in [0, 0.1) is 0 Å². The van der Waals surface area contributed by atoms with E-state index in [9.17, 15) is 5.21 Å². The molecule has 0 amide bonds. The standard InChI is InChI=1S/C20H23BrN6O/c21-14-5-4-6-15(13-14)23-19(26-28)16-7-9-22-20-18(16)24-17(25-20)8-12-27-10-2-1-3-11-27/h4-7,9,13,28H,1-3,8,10-12H2,(H,23,26)(H,22,24,25). The first kappa shape index (κ1) is 19.0. The van der Waals surface area contributed by atoms with Crippen LogP contribution in [0.15, 0.2) is 46.0 Å². The molecular weight excluding hydrogens is 420 g/mol. The summed E-state index contributed by atoms with van der Waals surface area (Å²) >= 11 is 3.44. The normalized spacial score (nSPS) is 15.9. The van der Waals surface area contributed by atoms with E-state index in [2.05, 4.69) is 46.3 Å². The molecule has 3 heterocycles. The third-order valence-electron chi connectivity index (χ3n) is 4.96. The van der Waals surface area contributed by atoms with E-state index in [1.54, 1.807) is 6.20 Å². The number of aromatic nitrogens is 3. The van der Waals surface area contributed by atoms with E-state index < -0.39 is 0 Å². The fourth-order valence-electron chi connectivity index (χ4n) is 3.54. The molecule has 3 N–H and O–H groups in total. The molecule has 0 saturated carbocycles. The maximum atomic E-state index is 9.70. The minimum atomic E-state index is 0.344. The smallest absolute Gasteiger partial charge is 0.178 e. The SMILES string of the molecule is ONC(=Nc1cccc(Br)c1)c1ccnc2nc(CCN3CCCCC3)[nH]c12. The lowest BCUT2D eigenvalue weighted by Gasteiger charge is -2.25. The Morgan fingerprint density at radius 2 is 2.11 bits per heavy atom. The number of halogens is 1. The zero-order valence-corrected chi connectivity index (χ0v) is 17.1. The summed E-state index contributed by atoms with van der Waals surface area (Å²) in [7, 11) is 0. The number of piperidine rings is 1.